The Hall–Kier alpha value is -2.94. The van der Waals surface area contributed by atoms with Gasteiger partial charge >= 0.3 is 6.09 Å². The molecule has 132 valence electrons. The highest BCUT2D eigenvalue weighted by Gasteiger charge is 2.46. The van der Waals surface area contributed by atoms with Crippen molar-refractivity contribution in [1.82, 2.24) is 14.5 Å². The van der Waals surface area contributed by atoms with Gasteiger partial charge in [-0.15, -0.1) is 0 Å². The van der Waals surface area contributed by atoms with E-state index in [1.54, 1.807) is 35.4 Å². The van der Waals surface area contributed by atoms with E-state index in [-0.39, 0.29) is 18.8 Å². The molecule has 0 bridgehead atoms. The number of aliphatic hydroxyl groups excluding tert-OH is 1. The molecule has 1 aromatic carbocycles. The highest BCUT2D eigenvalue weighted by Crippen LogP contribution is 2.34. The van der Waals surface area contributed by atoms with E-state index < -0.39 is 22.8 Å². The lowest BCUT2D eigenvalue weighted by molar-refractivity contribution is -0.384. The second-order valence-corrected chi connectivity index (χ2v) is 6.13. The molecule has 25 heavy (non-hydrogen) atoms. The smallest absolute Gasteiger partial charge is 0.412 e. The molecule has 0 unspecified atom stereocenters. The molecule has 1 amide bonds. The van der Waals surface area contributed by atoms with Gasteiger partial charge in [-0.25, -0.2) is 9.78 Å². The molecule has 0 saturated carbocycles. The molecule has 1 N–H and O–H groups in total. The molecule has 9 nitrogen and oxygen atoms in total. The number of hydrogen-bond donors (Lipinski definition) is 1. The van der Waals surface area contributed by atoms with E-state index in [2.05, 4.69) is 4.98 Å². The minimum atomic E-state index is -0.761. The lowest BCUT2D eigenvalue weighted by Gasteiger charge is -2.35. The molecule has 2 aromatic rings. The molecule has 1 aromatic heterocycles. The topological polar surface area (TPSA) is 111 Å². The lowest BCUT2D eigenvalue weighted by atomic mass is 10.1. The lowest BCUT2D eigenvalue weighted by Crippen LogP contribution is -2.46. The van der Waals surface area contributed by atoms with Crippen LogP contribution in [0.2, 0.25) is 0 Å². The fourth-order valence-electron chi connectivity index (χ4n) is 3.03. The third-order valence-corrected chi connectivity index (χ3v) is 4.39. The van der Waals surface area contributed by atoms with Crippen molar-refractivity contribution in [3.05, 3.63) is 58.7 Å². The fourth-order valence-corrected chi connectivity index (χ4v) is 3.03. The van der Waals surface area contributed by atoms with Crippen molar-refractivity contribution in [3.63, 3.8) is 0 Å². The molecule has 0 spiro atoms. The first-order chi connectivity index (χ1) is 11.9. The van der Waals surface area contributed by atoms with Gasteiger partial charge in [-0.3, -0.25) is 15.0 Å². The fraction of sp³-hybridized carbons (Fsp3) is 0.375. The minimum Gasteiger partial charge on any atom is -0.444 e. The summed E-state index contributed by atoms with van der Waals surface area (Å²) in [7, 11) is 0. The number of nitro benzene ring substituents is 1. The standard InChI is InChI=1S/C16H18N4O5/c1-16(18-7-6-17-11-18)8-14(21)9-19(16)15(22)25-10-12-2-4-13(5-3-12)20(23)24/h2-7,11,14,21H,8-10H2,1H3/t14-,16+/m1/s1. The van der Waals surface area contributed by atoms with Crippen molar-refractivity contribution in [2.75, 3.05) is 6.54 Å². The number of hydrogen-bond acceptors (Lipinski definition) is 6. The molecule has 0 aliphatic carbocycles. The number of benzene rings is 1. The molecular weight excluding hydrogens is 328 g/mol. The molecule has 1 fully saturated rings. The Labute approximate surface area is 143 Å². The number of nitro groups is 1. The van der Waals surface area contributed by atoms with Crippen LogP contribution in [0.5, 0.6) is 0 Å². The van der Waals surface area contributed by atoms with Gasteiger partial charge in [-0.05, 0) is 24.6 Å². The van der Waals surface area contributed by atoms with Gasteiger partial charge in [0, 0.05) is 30.9 Å². The SMILES string of the molecule is C[C@@]1(n2ccnc2)C[C@@H](O)CN1C(=O)OCc1ccc([N+](=O)[O-])cc1. The first kappa shape index (κ1) is 16.9. The number of amides is 1. The second-order valence-electron chi connectivity index (χ2n) is 6.13. The molecule has 0 radical (unpaired) electrons. The average molecular weight is 346 g/mol. The van der Waals surface area contributed by atoms with Crippen molar-refractivity contribution in [2.45, 2.75) is 31.7 Å². The number of carbonyl (C=O) groups excluding carboxylic acids is 1. The number of nitrogens with zero attached hydrogens (tertiary/aromatic N) is 4. The largest absolute Gasteiger partial charge is 0.444 e. The highest BCUT2D eigenvalue weighted by molar-refractivity contribution is 5.69. The molecule has 1 aliphatic rings. The van der Waals surface area contributed by atoms with Crippen LogP contribution < -0.4 is 0 Å². The summed E-state index contributed by atoms with van der Waals surface area (Å²) in [5.74, 6) is 0. The Morgan fingerprint density at radius 3 is 2.80 bits per heavy atom. The Morgan fingerprint density at radius 2 is 2.20 bits per heavy atom. The highest BCUT2D eigenvalue weighted by atomic mass is 16.6. The maximum atomic E-state index is 12.5. The predicted octanol–water partition coefficient (Wildman–Crippen LogP) is 1.87. The van der Waals surface area contributed by atoms with Crippen LogP contribution in [0.3, 0.4) is 0 Å². The van der Waals surface area contributed by atoms with Crippen molar-refractivity contribution in [1.29, 1.82) is 0 Å². The second kappa shape index (κ2) is 6.52. The molecule has 9 heteroatoms. The van der Waals surface area contributed by atoms with E-state index in [0.717, 1.165) is 0 Å². The maximum absolute atomic E-state index is 12.5. The van der Waals surface area contributed by atoms with E-state index >= 15 is 0 Å². The van der Waals surface area contributed by atoms with E-state index in [0.29, 0.717) is 12.0 Å². The third-order valence-electron chi connectivity index (χ3n) is 4.39. The first-order valence-electron chi connectivity index (χ1n) is 7.74. The van der Waals surface area contributed by atoms with Crippen LogP contribution in [-0.2, 0) is 17.0 Å². The summed E-state index contributed by atoms with van der Waals surface area (Å²) >= 11 is 0. The number of non-ortho nitro benzene ring substituents is 1. The van der Waals surface area contributed by atoms with Crippen LogP contribution in [0.1, 0.15) is 18.9 Å². The Morgan fingerprint density at radius 1 is 1.48 bits per heavy atom. The molecular formula is C16H18N4O5. The van der Waals surface area contributed by atoms with Crippen LogP contribution in [0.15, 0.2) is 43.0 Å². The van der Waals surface area contributed by atoms with Gasteiger partial charge in [-0.1, -0.05) is 0 Å². The van der Waals surface area contributed by atoms with Crippen molar-refractivity contribution in [3.8, 4) is 0 Å². The van der Waals surface area contributed by atoms with Crippen molar-refractivity contribution >= 4 is 11.8 Å². The average Bonchev–Trinajstić information content (AvgIpc) is 3.22. The third kappa shape index (κ3) is 3.31. The van der Waals surface area contributed by atoms with E-state index in [9.17, 15) is 20.0 Å². The number of rotatable bonds is 4. The zero-order valence-corrected chi connectivity index (χ0v) is 13.6. The summed E-state index contributed by atoms with van der Waals surface area (Å²) < 4.78 is 7.09. The van der Waals surface area contributed by atoms with E-state index in [1.807, 2.05) is 6.92 Å². The van der Waals surface area contributed by atoms with Gasteiger partial charge in [0.25, 0.3) is 5.69 Å². The maximum Gasteiger partial charge on any atom is 0.412 e. The normalized spacial score (nSPS) is 22.8. The van der Waals surface area contributed by atoms with Crippen molar-refractivity contribution < 1.29 is 19.6 Å². The van der Waals surface area contributed by atoms with Gasteiger partial charge in [-0.2, -0.15) is 0 Å². The number of imidazole rings is 1. The first-order valence-corrected chi connectivity index (χ1v) is 7.74. The van der Waals surface area contributed by atoms with Gasteiger partial charge in [0.05, 0.1) is 23.9 Å². The summed E-state index contributed by atoms with van der Waals surface area (Å²) in [4.78, 5) is 28.1. The summed E-state index contributed by atoms with van der Waals surface area (Å²) in [5.41, 5.74) is -0.142. The Balaban J connectivity index is 1.68. The number of β-amino-alcohol motifs (C(OH)–C–C–N with tert-alkyl or cyclic N) is 1. The van der Waals surface area contributed by atoms with E-state index in [4.69, 9.17) is 4.74 Å². The minimum absolute atomic E-state index is 0.0105. The zero-order valence-electron chi connectivity index (χ0n) is 13.6. The predicted molar refractivity (Wildman–Crippen MR) is 86.5 cm³/mol. The Kier molecular flexibility index (Phi) is 4.41. The summed E-state index contributed by atoms with van der Waals surface area (Å²) in [5, 5.41) is 20.7. The van der Waals surface area contributed by atoms with Gasteiger partial charge < -0.3 is 14.4 Å². The van der Waals surface area contributed by atoms with Crippen LogP contribution in [-0.4, -0.2) is 43.2 Å². The summed E-state index contributed by atoms with van der Waals surface area (Å²) in [6.07, 6.45) is 4.08. The number of aliphatic hydroxyl groups is 1. The molecule has 1 aliphatic heterocycles. The number of carbonyl (C=O) groups is 1. The van der Waals surface area contributed by atoms with Crippen LogP contribution in [0, 0.1) is 10.1 Å². The molecule has 3 rings (SSSR count). The summed E-state index contributed by atoms with van der Waals surface area (Å²) in [6, 6.07) is 5.80. The number of likely N-dealkylation sites (tertiary alicyclic amines) is 1. The molecule has 2 heterocycles. The van der Waals surface area contributed by atoms with Gasteiger partial charge in [0.15, 0.2) is 0 Å². The number of aromatic nitrogens is 2. The van der Waals surface area contributed by atoms with Crippen LogP contribution >= 0.6 is 0 Å². The van der Waals surface area contributed by atoms with Crippen LogP contribution in [0.25, 0.3) is 0 Å². The number of ether oxygens (including phenoxy) is 1. The van der Waals surface area contributed by atoms with Gasteiger partial charge in [0.1, 0.15) is 12.3 Å². The summed E-state index contributed by atoms with van der Waals surface area (Å²) in [6.45, 7) is 1.98. The monoisotopic (exact) mass is 346 g/mol. The van der Waals surface area contributed by atoms with Crippen molar-refractivity contribution in [2.24, 2.45) is 0 Å². The van der Waals surface area contributed by atoms with E-state index in [1.165, 1.54) is 17.0 Å². The zero-order chi connectivity index (χ0) is 18.0. The molecule has 2 atom stereocenters. The van der Waals surface area contributed by atoms with Crippen LogP contribution in [0.4, 0.5) is 10.5 Å². The Bertz CT molecular complexity index is 761. The molecule has 1 saturated heterocycles. The quantitative estimate of drug-likeness (QED) is 0.668. The van der Waals surface area contributed by atoms with Gasteiger partial charge in [0.2, 0.25) is 0 Å².